The number of nitriles is 1. The Morgan fingerprint density at radius 1 is 1.00 bits per heavy atom. The Kier molecular flexibility index (Phi) is 7.30. The normalized spacial score (nSPS) is 33.9. The van der Waals surface area contributed by atoms with Crippen molar-refractivity contribution in [2.45, 2.75) is 77.2 Å². The molecular formula is C19H31NO. The van der Waals surface area contributed by atoms with Crippen molar-refractivity contribution in [3.05, 3.63) is 12.2 Å². The van der Waals surface area contributed by atoms with E-state index in [1.54, 1.807) is 6.08 Å². The zero-order valence-corrected chi connectivity index (χ0v) is 13.6. The van der Waals surface area contributed by atoms with E-state index in [1.165, 1.54) is 64.2 Å². The Morgan fingerprint density at radius 2 is 1.67 bits per heavy atom. The van der Waals surface area contributed by atoms with Crippen LogP contribution in [0.15, 0.2) is 12.2 Å². The molecule has 2 saturated carbocycles. The average Bonchev–Trinajstić information content (AvgIpc) is 2.53. The van der Waals surface area contributed by atoms with Gasteiger partial charge in [-0.15, -0.1) is 0 Å². The lowest BCUT2D eigenvalue weighted by Crippen LogP contribution is -2.25. The fraction of sp³-hybridized carbons (Fsp3) is 0.842. The molecule has 0 spiro atoms. The summed E-state index contributed by atoms with van der Waals surface area (Å²) >= 11 is 0. The third kappa shape index (κ3) is 5.83. The van der Waals surface area contributed by atoms with Crippen molar-refractivity contribution >= 4 is 0 Å². The maximum Gasteiger partial charge on any atom is 0.0908 e. The lowest BCUT2D eigenvalue weighted by Gasteiger charge is -2.31. The molecule has 2 aliphatic rings. The molecule has 2 fully saturated rings. The second-order valence-corrected chi connectivity index (χ2v) is 7.03. The Labute approximate surface area is 130 Å². The number of nitrogens with zero attached hydrogens (tertiary/aromatic N) is 1. The van der Waals surface area contributed by atoms with Crippen LogP contribution in [0.25, 0.3) is 0 Å². The first-order valence-corrected chi connectivity index (χ1v) is 8.99. The first kappa shape index (κ1) is 16.6. The largest absolute Gasteiger partial charge is 0.378 e. The molecule has 118 valence electrons. The fourth-order valence-electron chi connectivity index (χ4n) is 3.99. The summed E-state index contributed by atoms with van der Waals surface area (Å²) in [5.74, 6) is 2.41. The van der Waals surface area contributed by atoms with Crippen LogP contribution in [-0.2, 0) is 4.74 Å². The van der Waals surface area contributed by atoms with Gasteiger partial charge in [0.15, 0.2) is 0 Å². The lowest BCUT2D eigenvalue weighted by molar-refractivity contribution is -0.00658. The van der Waals surface area contributed by atoms with E-state index in [9.17, 15) is 0 Å². The van der Waals surface area contributed by atoms with Crippen molar-refractivity contribution in [3.8, 4) is 6.07 Å². The van der Waals surface area contributed by atoms with E-state index < -0.39 is 0 Å². The van der Waals surface area contributed by atoms with Gasteiger partial charge in [0.2, 0.25) is 0 Å². The maximum absolute atomic E-state index is 8.57. The number of allylic oxidation sites excluding steroid dienone is 2. The summed E-state index contributed by atoms with van der Waals surface area (Å²) in [6.45, 7) is 3.29. The molecule has 2 nitrogen and oxygen atoms in total. The van der Waals surface area contributed by atoms with Gasteiger partial charge in [0.1, 0.15) is 0 Å². The minimum Gasteiger partial charge on any atom is -0.378 e. The quantitative estimate of drug-likeness (QED) is 0.626. The van der Waals surface area contributed by atoms with Crippen molar-refractivity contribution in [1.82, 2.24) is 0 Å². The van der Waals surface area contributed by atoms with Crippen LogP contribution in [-0.4, -0.2) is 12.7 Å². The van der Waals surface area contributed by atoms with Gasteiger partial charge in [0, 0.05) is 12.7 Å². The predicted molar refractivity (Wildman–Crippen MR) is 86.8 cm³/mol. The predicted octanol–water partition coefficient (Wildman–Crippen LogP) is 5.25. The van der Waals surface area contributed by atoms with Gasteiger partial charge in [-0.1, -0.05) is 38.7 Å². The van der Waals surface area contributed by atoms with Crippen LogP contribution in [0.3, 0.4) is 0 Å². The van der Waals surface area contributed by atoms with E-state index in [0.29, 0.717) is 12.0 Å². The molecule has 0 aromatic rings. The zero-order valence-electron chi connectivity index (χ0n) is 13.6. The number of hydrogen-bond donors (Lipinski definition) is 0. The molecule has 0 aromatic heterocycles. The van der Waals surface area contributed by atoms with Gasteiger partial charge in [-0.2, -0.15) is 5.26 Å². The summed E-state index contributed by atoms with van der Waals surface area (Å²) in [7, 11) is 0. The molecule has 0 radical (unpaired) electrons. The highest BCUT2D eigenvalue weighted by atomic mass is 16.5. The van der Waals surface area contributed by atoms with Crippen LogP contribution in [0.1, 0.15) is 71.1 Å². The van der Waals surface area contributed by atoms with Crippen LogP contribution < -0.4 is 0 Å². The molecule has 0 aromatic carbocycles. The number of hydrogen-bond acceptors (Lipinski definition) is 2. The van der Waals surface area contributed by atoms with Gasteiger partial charge in [0.05, 0.1) is 12.2 Å². The molecule has 2 aliphatic carbocycles. The molecular weight excluding hydrogens is 258 g/mol. The Hall–Kier alpha value is -0.810. The smallest absolute Gasteiger partial charge is 0.0908 e. The molecule has 21 heavy (non-hydrogen) atoms. The van der Waals surface area contributed by atoms with Gasteiger partial charge >= 0.3 is 0 Å². The van der Waals surface area contributed by atoms with Crippen LogP contribution in [0.4, 0.5) is 0 Å². The van der Waals surface area contributed by atoms with E-state index in [2.05, 4.69) is 19.1 Å². The molecule has 0 aliphatic heterocycles. The summed E-state index contributed by atoms with van der Waals surface area (Å²) in [5, 5.41) is 8.57. The standard InChI is InChI=1S/C19H31NO/c1-2-4-16-6-8-18(9-7-16)15-21-19-12-10-17(11-13-19)5-3-14-20/h3,5,16-19H,2,4,6-13,15H2,1H3. The molecule has 2 heteroatoms. The van der Waals surface area contributed by atoms with Gasteiger partial charge < -0.3 is 4.74 Å². The third-order valence-corrected chi connectivity index (χ3v) is 5.39. The Bertz CT molecular complexity index is 341. The van der Waals surface area contributed by atoms with Crippen LogP contribution in [0.5, 0.6) is 0 Å². The van der Waals surface area contributed by atoms with Gasteiger partial charge in [-0.05, 0) is 56.3 Å². The zero-order chi connectivity index (χ0) is 14.9. The molecule has 0 unspecified atom stereocenters. The summed E-state index contributed by atoms with van der Waals surface area (Å²) in [6, 6.07) is 2.10. The SMILES string of the molecule is CCCC1CCC(COC2CCC(C=CC#N)CC2)CC1. The van der Waals surface area contributed by atoms with Gasteiger partial charge in [-0.25, -0.2) is 0 Å². The summed E-state index contributed by atoms with van der Waals surface area (Å²) in [6.07, 6.45) is 17.3. The van der Waals surface area contributed by atoms with E-state index in [1.807, 2.05) is 0 Å². The first-order valence-electron chi connectivity index (χ1n) is 8.99. The van der Waals surface area contributed by atoms with Crippen molar-refractivity contribution in [3.63, 3.8) is 0 Å². The summed E-state index contributed by atoms with van der Waals surface area (Å²) < 4.78 is 6.18. The summed E-state index contributed by atoms with van der Waals surface area (Å²) in [4.78, 5) is 0. The maximum atomic E-state index is 8.57. The minimum atomic E-state index is 0.477. The van der Waals surface area contributed by atoms with E-state index in [-0.39, 0.29) is 0 Å². The second-order valence-electron chi connectivity index (χ2n) is 7.03. The Morgan fingerprint density at radius 3 is 2.29 bits per heavy atom. The van der Waals surface area contributed by atoms with Crippen LogP contribution >= 0.6 is 0 Å². The molecule has 0 amide bonds. The van der Waals surface area contributed by atoms with Crippen molar-refractivity contribution in [2.75, 3.05) is 6.61 Å². The minimum absolute atomic E-state index is 0.477. The molecule has 0 atom stereocenters. The highest BCUT2D eigenvalue weighted by molar-refractivity contribution is 5.04. The van der Waals surface area contributed by atoms with Crippen LogP contribution in [0, 0.1) is 29.1 Å². The van der Waals surface area contributed by atoms with Crippen LogP contribution in [0.2, 0.25) is 0 Å². The van der Waals surface area contributed by atoms with Gasteiger partial charge in [-0.3, -0.25) is 0 Å². The molecule has 0 N–H and O–H groups in total. The Balaban J connectivity index is 1.58. The van der Waals surface area contributed by atoms with E-state index in [0.717, 1.165) is 18.4 Å². The second kappa shape index (κ2) is 9.26. The molecule has 2 rings (SSSR count). The van der Waals surface area contributed by atoms with Gasteiger partial charge in [0.25, 0.3) is 0 Å². The van der Waals surface area contributed by atoms with Crippen molar-refractivity contribution < 1.29 is 4.74 Å². The van der Waals surface area contributed by atoms with E-state index in [4.69, 9.17) is 10.00 Å². The highest BCUT2D eigenvalue weighted by Gasteiger charge is 2.24. The number of rotatable bonds is 6. The molecule has 0 heterocycles. The summed E-state index contributed by atoms with van der Waals surface area (Å²) in [5.41, 5.74) is 0. The fourth-order valence-corrected chi connectivity index (χ4v) is 3.99. The number of ether oxygens (including phenoxy) is 1. The first-order chi connectivity index (χ1) is 10.3. The van der Waals surface area contributed by atoms with E-state index >= 15 is 0 Å². The third-order valence-electron chi connectivity index (χ3n) is 5.39. The van der Waals surface area contributed by atoms with Crippen molar-refractivity contribution in [1.29, 1.82) is 5.26 Å². The molecule has 0 saturated heterocycles. The highest BCUT2D eigenvalue weighted by Crippen LogP contribution is 2.33. The lowest BCUT2D eigenvalue weighted by atomic mass is 9.80. The topological polar surface area (TPSA) is 33.0 Å². The monoisotopic (exact) mass is 289 g/mol. The van der Waals surface area contributed by atoms with Crippen molar-refractivity contribution in [2.24, 2.45) is 17.8 Å². The molecule has 0 bridgehead atoms. The average molecular weight is 289 g/mol.